The van der Waals surface area contributed by atoms with Crippen LogP contribution in [0, 0.1) is 17.2 Å². The zero-order chi connectivity index (χ0) is 20.2. The van der Waals surface area contributed by atoms with Gasteiger partial charge in [-0.2, -0.15) is 5.26 Å². The highest BCUT2D eigenvalue weighted by Crippen LogP contribution is 2.08. The Balaban J connectivity index is 2.34. The van der Waals surface area contributed by atoms with Crippen LogP contribution < -0.4 is 16.4 Å². The molecule has 0 unspecified atom stereocenters. The first-order valence-electron chi connectivity index (χ1n) is 8.41. The van der Waals surface area contributed by atoms with Crippen molar-refractivity contribution < 1.29 is 24.2 Å². The number of nitriles is 1. The van der Waals surface area contributed by atoms with Gasteiger partial charge in [-0.05, 0) is 11.5 Å². The van der Waals surface area contributed by atoms with Crippen LogP contribution in [0.15, 0.2) is 30.3 Å². The van der Waals surface area contributed by atoms with Crippen LogP contribution in [0.1, 0.15) is 25.3 Å². The van der Waals surface area contributed by atoms with Crippen LogP contribution in [0.2, 0.25) is 0 Å². The molecule has 1 aromatic carbocycles. The molecule has 0 saturated carbocycles. The van der Waals surface area contributed by atoms with Crippen LogP contribution in [0.3, 0.4) is 0 Å². The Kier molecular flexibility index (Phi) is 9.33. The first-order valence-corrected chi connectivity index (χ1v) is 8.41. The molecule has 0 aliphatic carbocycles. The van der Waals surface area contributed by atoms with Crippen molar-refractivity contribution in [2.24, 2.45) is 11.7 Å². The van der Waals surface area contributed by atoms with E-state index in [1.54, 1.807) is 19.1 Å². The van der Waals surface area contributed by atoms with Gasteiger partial charge in [-0.3, -0.25) is 9.59 Å². The Hall–Kier alpha value is -3.12. The molecule has 0 aliphatic heterocycles. The van der Waals surface area contributed by atoms with E-state index in [1.165, 1.54) is 0 Å². The molecule has 3 amide bonds. The SMILES string of the molecule is C[C@H](CC#N)[C@H](NC(=O)C[C@@H](O)CNC(=O)OCc1ccccc1)C(N)=O. The number of carbonyl (C=O) groups is 3. The van der Waals surface area contributed by atoms with Gasteiger partial charge in [0.2, 0.25) is 11.8 Å². The lowest BCUT2D eigenvalue weighted by Crippen LogP contribution is -2.49. The lowest BCUT2D eigenvalue weighted by Gasteiger charge is -2.21. The van der Waals surface area contributed by atoms with Gasteiger partial charge in [0.1, 0.15) is 12.6 Å². The number of nitrogens with one attached hydrogen (secondary N) is 2. The van der Waals surface area contributed by atoms with E-state index in [1.807, 2.05) is 24.3 Å². The van der Waals surface area contributed by atoms with Gasteiger partial charge in [-0.25, -0.2) is 4.79 Å². The molecule has 9 nitrogen and oxygen atoms in total. The van der Waals surface area contributed by atoms with Crippen LogP contribution in [-0.2, 0) is 20.9 Å². The van der Waals surface area contributed by atoms with Crippen molar-refractivity contribution >= 4 is 17.9 Å². The molecule has 3 atom stereocenters. The maximum absolute atomic E-state index is 11.9. The van der Waals surface area contributed by atoms with E-state index in [2.05, 4.69) is 10.6 Å². The second-order valence-electron chi connectivity index (χ2n) is 6.09. The summed E-state index contributed by atoms with van der Waals surface area (Å²) in [5.41, 5.74) is 6.04. The van der Waals surface area contributed by atoms with Gasteiger partial charge >= 0.3 is 6.09 Å². The summed E-state index contributed by atoms with van der Waals surface area (Å²) in [6.07, 6.45) is -2.20. The Labute approximate surface area is 157 Å². The number of aliphatic hydroxyl groups is 1. The number of hydrogen-bond acceptors (Lipinski definition) is 6. The Morgan fingerprint density at radius 1 is 1.30 bits per heavy atom. The van der Waals surface area contributed by atoms with Gasteiger partial charge in [0.05, 0.1) is 18.6 Å². The predicted octanol–water partition coefficient (Wildman–Crippen LogP) is 0.184. The normalized spacial score (nSPS) is 13.5. The highest BCUT2D eigenvalue weighted by molar-refractivity contribution is 5.87. The number of benzene rings is 1. The highest BCUT2D eigenvalue weighted by atomic mass is 16.5. The average molecular weight is 376 g/mol. The van der Waals surface area contributed by atoms with Crippen LogP contribution >= 0.6 is 0 Å². The molecule has 0 aliphatic rings. The molecule has 27 heavy (non-hydrogen) atoms. The lowest BCUT2D eigenvalue weighted by molar-refractivity contribution is -0.129. The zero-order valence-electron chi connectivity index (χ0n) is 15.1. The molecule has 0 heterocycles. The van der Waals surface area contributed by atoms with Gasteiger partial charge < -0.3 is 26.2 Å². The number of amides is 3. The number of nitrogens with two attached hydrogens (primary N) is 1. The van der Waals surface area contributed by atoms with Crippen molar-refractivity contribution in [3.05, 3.63) is 35.9 Å². The molecule has 9 heteroatoms. The van der Waals surface area contributed by atoms with E-state index in [-0.39, 0.29) is 26.0 Å². The summed E-state index contributed by atoms with van der Waals surface area (Å²) in [5, 5.41) is 23.3. The van der Waals surface area contributed by atoms with Crippen LogP contribution in [0.25, 0.3) is 0 Å². The zero-order valence-corrected chi connectivity index (χ0v) is 15.1. The van der Waals surface area contributed by atoms with Crippen molar-refractivity contribution in [2.75, 3.05) is 6.54 Å². The van der Waals surface area contributed by atoms with Gasteiger partial charge in [-0.15, -0.1) is 0 Å². The van der Waals surface area contributed by atoms with E-state index in [0.29, 0.717) is 0 Å². The third-order valence-corrected chi connectivity index (χ3v) is 3.72. The molecule has 0 bridgehead atoms. The Morgan fingerprint density at radius 3 is 2.56 bits per heavy atom. The van der Waals surface area contributed by atoms with Crippen molar-refractivity contribution in [3.63, 3.8) is 0 Å². The first kappa shape index (κ1) is 21.9. The fourth-order valence-corrected chi connectivity index (χ4v) is 2.25. The van der Waals surface area contributed by atoms with E-state index >= 15 is 0 Å². The summed E-state index contributed by atoms with van der Waals surface area (Å²) in [6, 6.07) is 9.97. The van der Waals surface area contributed by atoms with Gasteiger partial charge in [0.25, 0.3) is 0 Å². The fourth-order valence-electron chi connectivity index (χ4n) is 2.25. The Morgan fingerprint density at radius 2 is 1.96 bits per heavy atom. The first-order chi connectivity index (χ1) is 12.8. The largest absolute Gasteiger partial charge is 0.445 e. The number of hydrogen-bond donors (Lipinski definition) is 4. The summed E-state index contributed by atoms with van der Waals surface area (Å²) >= 11 is 0. The maximum atomic E-state index is 11.9. The summed E-state index contributed by atoms with van der Waals surface area (Å²) in [7, 11) is 0. The summed E-state index contributed by atoms with van der Waals surface area (Å²) in [5.74, 6) is -1.83. The smallest absolute Gasteiger partial charge is 0.407 e. The highest BCUT2D eigenvalue weighted by Gasteiger charge is 2.25. The minimum atomic E-state index is -1.17. The van der Waals surface area contributed by atoms with E-state index < -0.39 is 36.0 Å². The van der Waals surface area contributed by atoms with Crippen LogP contribution in [0.5, 0.6) is 0 Å². The van der Waals surface area contributed by atoms with Crippen molar-refractivity contribution in [2.45, 2.75) is 38.5 Å². The number of ether oxygens (including phenoxy) is 1. The molecule has 5 N–H and O–H groups in total. The third kappa shape index (κ3) is 8.69. The fraction of sp³-hybridized carbons (Fsp3) is 0.444. The maximum Gasteiger partial charge on any atom is 0.407 e. The van der Waals surface area contributed by atoms with Gasteiger partial charge in [0, 0.05) is 13.0 Å². The predicted molar refractivity (Wildman–Crippen MR) is 95.8 cm³/mol. The molecule has 0 spiro atoms. The number of nitrogens with zero attached hydrogens (tertiary/aromatic N) is 1. The molecule has 146 valence electrons. The van der Waals surface area contributed by atoms with E-state index in [9.17, 15) is 19.5 Å². The minimum absolute atomic E-state index is 0.0469. The molecular weight excluding hydrogens is 352 g/mol. The van der Waals surface area contributed by atoms with Crippen LogP contribution in [0.4, 0.5) is 4.79 Å². The standard InChI is InChI=1S/C18H24N4O5/c1-12(7-8-19)16(17(20)25)22-15(24)9-14(23)10-21-18(26)27-11-13-5-3-2-4-6-13/h2-6,12,14,16,23H,7,9-11H2,1H3,(H2,20,25)(H,21,26)(H,22,24)/t12-,14-,16+/m1/s1. The molecule has 0 radical (unpaired) electrons. The average Bonchev–Trinajstić information content (AvgIpc) is 2.63. The number of carbonyl (C=O) groups excluding carboxylic acids is 3. The summed E-state index contributed by atoms with van der Waals surface area (Å²) in [4.78, 5) is 34.9. The van der Waals surface area contributed by atoms with Crippen molar-refractivity contribution in [1.29, 1.82) is 5.26 Å². The number of rotatable bonds is 10. The third-order valence-electron chi connectivity index (χ3n) is 3.72. The quantitative estimate of drug-likeness (QED) is 0.457. The second-order valence-corrected chi connectivity index (χ2v) is 6.09. The molecule has 1 rings (SSSR count). The van der Waals surface area contributed by atoms with Crippen LogP contribution in [-0.4, -0.2) is 41.7 Å². The topological polar surface area (TPSA) is 155 Å². The number of alkyl carbamates (subject to hydrolysis) is 1. The number of primary amides is 1. The van der Waals surface area contributed by atoms with Crippen molar-refractivity contribution in [1.82, 2.24) is 10.6 Å². The van der Waals surface area contributed by atoms with Gasteiger partial charge in [-0.1, -0.05) is 37.3 Å². The summed E-state index contributed by atoms with van der Waals surface area (Å²) < 4.78 is 4.98. The molecule has 0 saturated heterocycles. The molecule has 0 aromatic heterocycles. The molecule has 1 aromatic rings. The minimum Gasteiger partial charge on any atom is -0.445 e. The monoisotopic (exact) mass is 376 g/mol. The lowest BCUT2D eigenvalue weighted by atomic mass is 9.98. The van der Waals surface area contributed by atoms with Crippen molar-refractivity contribution in [3.8, 4) is 6.07 Å². The number of aliphatic hydroxyl groups excluding tert-OH is 1. The molecular formula is C18H24N4O5. The van der Waals surface area contributed by atoms with E-state index in [0.717, 1.165) is 5.56 Å². The summed E-state index contributed by atoms with van der Waals surface area (Å²) in [6.45, 7) is 1.50. The Bertz CT molecular complexity index is 674. The van der Waals surface area contributed by atoms with E-state index in [4.69, 9.17) is 15.7 Å². The second kappa shape index (κ2) is 11.5. The van der Waals surface area contributed by atoms with Gasteiger partial charge in [0.15, 0.2) is 0 Å². The molecule has 0 fully saturated rings.